The van der Waals surface area contributed by atoms with E-state index >= 15 is 0 Å². The van der Waals surface area contributed by atoms with Gasteiger partial charge in [-0.15, -0.1) is 0 Å². The van der Waals surface area contributed by atoms with Crippen molar-refractivity contribution < 1.29 is 23.8 Å². The van der Waals surface area contributed by atoms with Gasteiger partial charge < -0.3 is 0 Å². The molecule has 1 atom stereocenters. The van der Waals surface area contributed by atoms with Gasteiger partial charge in [-0.05, 0) is 0 Å². The quantitative estimate of drug-likeness (QED) is 0.429. The SMILES string of the molecule is COCC[Se]C[C@H](NC(=O)OC(C)(C)C)C(=O)OC. The van der Waals surface area contributed by atoms with E-state index in [2.05, 4.69) is 10.1 Å². The Kier molecular flexibility index (Phi) is 8.80. The first-order valence-electron chi connectivity index (χ1n) is 5.94. The van der Waals surface area contributed by atoms with Gasteiger partial charge in [0.15, 0.2) is 0 Å². The van der Waals surface area contributed by atoms with E-state index in [4.69, 9.17) is 9.47 Å². The third-order valence-electron chi connectivity index (χ3n) is 1.89. The van der Waals surface area contributed by atoms with Crippen LogP contribution in [0.1, 0.15) is 20.8 Å². The van der Waals surface area contributed by atoms with Gasteiger partial charge in [0.05, 0.1) is 0 Å². The van der Waals surface area contributed by atoms with Gasteiger partial charge in [0.1, 0.15) is 0 Å². The normalized spacial score (nSPS) is 12.7. The summed E-state index contributed by atoms with van der Waals surface area (Å²) in [6.07, 6.45) is -0.606. The molecule has 1 amide bonds. The first kappa shape index (κ1) is 18.2. The molecule has 7 heteroatoms. The van der Waals surface area contributed by atoms with E-state index < -0.39 is 23.7 Å². The van der Waals surface area contributed by atoms with Crippen LogP contribution in [0.4, 0.5) is 4.79 Å². The molecule has 0 radical (unpaired) electrons. The van der Waals surface area contributed by atoms with Crippen molar-refractivity contribution in [1.29, 1.82) is 0 Å². The molecule has 0 rings (SSSR count). The second kappa shape index (κ2) is 9.18. The fourth-order valence-electron chi connectivity index (χ4n) is 1.10. The first-order chi connectivity index (χ1) is 8.80. The molecular weight excluding hydrogens is 317 g/mol. The zero-order valence-corrected chi connectivity index (χ0v) is 13.9. The van der Waals surface area contributed by atoms with Crippen LogP contribution >= 0.6 is 0 Å². The molecule has 0 aliphatic rings. The molecule has 0 saturated heterocycles. The standard InChI is InChI=1S/C12H23NO5Se/c1-12(2,3)18-11(15)13-9(10(14)17-5)8-19-7-6-16-4/h9H,6-8H2,1-5H3,(H,13,15)/t9-/m0/s1. The summed E-state index contributed by atoms with van der Waals surface area (Å²) in [6.45, 7) is 5.95. The van der Waals surface area contributed by atoms with Crippen LogP contribution in [0.15, 0.2) is 0 Å². The number of methoxy groups -OCH3 is 2. The number of alkyl carbamates (subject to hydrolysis) is 1. The molecule has 0 fully saturated rings. The number of carbonyl (C=O) groups excluding carboxylic acids is 2. The van der Waals surface area contributed by atoms with E-state index in [0.29, 0.717) is 11.9 Å². The Labute approximate surface area is 120 Å². The average Bonchev–Trinajstić information content (AvgIpc) is 2.29. The van der Waals surface area contributed by atoms with Gasteiger partial charge in [-0.2, -0.15) is 0 Å². The zero-order valence-electron chi connectivity index (χ0n) is 12.1. The fourth-order valence-corrected chi connectivity index (χ4v) is 3.01. The molecule has 0 aromatic heterocycles. The van der Waals surface area contributed by atoms with Crippen LogP contribution in [-0.2, 0) is 19.0 Å². The van der Waals surface area contributed by atoms with Crippen LogP contribution in [0.5, 0.6) is 0 Å². The monoisotopic (exact) mass is 341 g/mol. The van der Waals surface area contributed by atoms with E-state index in [1.165, 1.54) is 7.11 Å². The second-order valence-corrected chi connectivity index (χ2v) is 7.20. The van der Waals surface area contributed by atoms with Crippen molar-refractivity contribution in [2.24, 2.45) is 0 Å². The maximum absolute atomic E-state index is 11.6. The fraction of sp³-hybridized carbons (Fsp3) is 0.833. The summed E-state index contributed by atoms with van der Waals surface area (Å²) < 4.78 is 14.7. The minimum atomic E-state index is -0.656. The van der Waals surface area contributed by atoms with Crippen LogP contribution in [0.2, 0.25) is 10.6 Å². The van der Waals surface area contributed by atoms with Gasteiger partial charge in [0.2, 0.25) is 0 Å². The van der Waals surface area contributed by atoms with E-state index in [1.54, 1.807) is 27.9 Å². The Morgan fingerprint density at radius 1 is 1.26 bits per heavy atom. The Bertz CT molecular complexity index is 290. The van der Waals surface area contributed by atoms with E-state index in [0.717, 1.165) is 5.32 Å². The van der Waals surface area contributed by atoms with Gasteiger partial charge >= 0.3 is 120 Å². The summed E-state index contributed by atoms with van der Waals surface area (Å²) in [4.78, 5) is 23.2. The van der Waals surface area contributed by atoms with Gasteiger partial charge in [-0.1, -0.05) is 0 Å². The number of carbonyl (C=O) groups is 2. The topological polar surface area (TPSA) is 73.9 Å². The summed E-state index contributed by atoms with van der Waals surface area (Å²) in [7, 11) is 2.93. The molecule has 6 nitrogen and oxygen atoms in total. The molecule has 0 aromatic carbocycles. The molecule has 0 aliphatic carbocycles. The third kappa shape index (κ3) is 9.76. The number of hydrogen-bond acceptors (Lipinski definition) is 5. The van der Waals surface area contributed by atoms with E-state index in [1.807, 2.05) is 0 Å². The molecule has 112 valence electrons. The number of esters is 1. The van der Waals surface area contributed by atoms with Gasteiger partial charge in [-0.25, -0.2) is 0 Å². The number of ether oxygens (including phenoxy) is 3. The predicted octanol–water partition coefficient (Wildman–Crippen LogP) is 1.24. The molecular formula is C12H23NO5Se. The minimum absolute atomic E-state index is 0.198. The van der Waals surface area contributed by atoms with E-state index in [9.17, 15) is 9.59 Å². The van der Waals surface area contributed by atoms with Gasteiger partial charge in [-0.3, -0.25) is 0 Å². The summed E-state index contributed by atoms with van der Waals surface area (Å²) in [5.41, 5.74) is -0.591. The molecule has 0 aromatic rings. The maximum atomic E-state index is 11.6. The van der Waals surface area contributed by atoms with Crippen LogP contribution in [0, 0.1) is 0 Å². The zero-order chi connectivity index (χ0) is 14.9. The van der Waals surface area contributed by atoms with Crippen LogP contribution in [0.3, 0.4) is 0 Å². The van der Waals surface area contributed by atoms with Gasteiger partial charge in [0, 0.05) is 0 Å². The number of hydrogen-bond donors (Lipinski definition) is 1. The summed E-state index contributed by atoms with van der Waals surface area (Å²) in [6, 6.07) is -0.656. The summed E-state index contributed by atoms with van der Waals surface area (Å²) in [5, 5.41) is 3.98. The Morgan fingerprint density at radius 3 is 2.37 bits per heavy atom. The number of nitrogens with one attached hydrogen (secondary N) is 1. The van der Waals surface area contributed by atoms with Crippen molar-refractivity contribution in [3.05, 3.63) is 0 Å². The van der Waals surface area contributed by atoms with Crippen molar-refractivity contribution >= 4 is 27.0 Å². The van der Waals surface area contributed by atoms with E-state index in [-0.39, 0.29) is 15.0 Å². The van der Waals surface area contributed by atoms with Crippen LogP contribution < -0.4 is 5.32 Å². The molecule has 0 saturated carbocycles. The average molecular weight is 340 g/mol. The Hall–Kier alpha value is -0.781. The van der Waals surface area contributed by atoms with Crippen molar-refractivity contribution in [1.82, 2.24) is 5.32 Å². The second-order valence-electron chi connectivity index (χ2n) is 4.79. The van der Waals surface area contributed by atoms with Gasteiger partial charge in [0.25, 0.3) is 0 Å². The Morgan fingerprint density at radius 2 is 1.89 bits per heavy atom. The molecule has 19 heavy (non-hydrogen) atoms. The van der Waals surface area contributed by atoms with Crippen molar-refractivity contribution in [2.75, 3.05) is 20.8 Å². The van der Waals surface area contributed by atoms with Crippen molar-refractivity contribution in [2.45, 2.75) is 43.1 Å². The first-order valence-corrected chi connectivity index (χ1v) is 8.36. The predicted molar refractivity (Wildman–Crippen MR) is 72.4 cm³/mol. The molecule has 0 unspecified atom stereocenters. The van der Waals surface area contributed by atoms with Crippen molar-refractivity contribution in [3.63, 3.8) is 0 Å². The molecule has 1 N–H and O–H groups in total. The summed E-state index contributed by atoms with van der Waals surface area (Å²) in [5.74, 6) is -0.454. The molecule has 0 bridgehead atoms. The van der Waals surface area contributed by atoms with Crippen LogP contribution in [-0.4, -0.2) is 59.5 Å². The molecule has 0 heterocycles. The van der Waals surface area contributed by atoms with Crippen molar-refractivity contribution in [3.8, 4) is 0 Å². The third-order valence-corrected chi connectivity index (χ3v) is 4.04. The summed E-state index contributed by atoms with van der Waals surface area (Å²) >= 11 is 0.198. The molecule has 0 aliphatic heterocycles. The van der Waals surface area contributed by atoms with Crippen LogP contribution in [0.25, 0.3) is 0 Å². The number of amides is 1. The molecule has 0 spiro atoms. The Balaban J connectivity index is 4.27. The number of rotatable bonds is 7.